The van der Waals surface area contributed by atoms with Crippen LogP contribution in [0.4, 0.5) is 5.69 Å². The monoisotopic (exact) mass is 1080 g/mol. The quantitative estimate of drug-likeness (QED) is 0.290. The van der Waals surface area contributed by atoms with Crippen molar-refractivity contribution in [2.75, 3.05) is 4.90 Å². The van der Waals surface area contributed by atoms with Gasteiger partial charge in [0.05, 0.1) is 12.1 Å². The molecular weight excluding hydrogens is 979 g/mol. The highest BCUT2D eigenvalue weighted by Gasteiger charge is 2.71. The molecule has 10 heteroatoms. The molecule has 9 nitrogen and oxygen atoms in total. The number of anilines is 1. The summed E-state index contributed by atoms with van der Waals surface area (Å²) in [6, 6.07) is 21.0. The van der Waals surface area contributed by atoms with Crippen molar-refractivity contribution in [1.29, 1.82) is 0 Å². The van der Waals surface area contributed by atoms with Gasteiger partial charge in [-0.25, -0.2) is 0 Å². The number of thioether (sulfide) groups is 1. The Morgan fingerprint density at radius 3 is 1.38 bits per heavy atom. The molecule has 8 aliphatic heterocycles. The molecule has 0 N–H and O–H groups in total. The van der Waals surface area contributed by atoms with Crippen molar-refractivity contribution in [2.24, 2.45) is 35.5 Å². The van der Waals surface area contributed by atoms with Gasteiger partial charge in [0, 0.05) is 125 Å². The molecule has 8 saturated heterocycles. The topological polar surface area (TPSA) is 56.8 Å². The maximum absolute atomic E-state index is 15.3. The Labute approximate surface area is 473 Å². The first kappa shape index (κ1) is 48.5. The third-order valence-electron chi connectivity index (χ3n) is 28.7. The molecule has 1 aromatic carbocycles. The second-order valence-electron chi connectivity index (χ2n) is 31.1. The van der Waals surface area contributed by atoms with Crippen LogP contribution in [-0.2, 0) is 9.59 Å². The van der Waals surface area contributed by atoms with E-state index in [1.807, 2.05) is 0 Å². The molecule has 10 aliphatic carbocycles. The summed E-state index contributed by atoms with van der Waals surface area (Å²) >= 11 is 2.50. The van der Waals surface area contributed by atoms with Crippen LogP contribution in [0, 0.1) is 35.5 Å². The van der Waals surface area contributed by atoms with Gasteiger partial charge in [-0.3, -0.25) is 29.2 Å². The SMILES string of the molecule is O=C1C2CCCCC2C2CCCC3C2N1C1CCCC2C1N3C1CC(c3ccc(N4C5CCCCC5N5C6CCCCC6N6C7CCCC8C9CCCCC9C(=O)N(C9CCC4C5C96)C87)cc3)CC3SC4CCCCC4N2C31. The summed E-state index contributed by atoms with van der Waals surface area (Å²) in [7, 11) is 0. The molecule has 422 valence electrons. The standard InChI is InChI=1S/C68H97N7O2S/c76-67-45-16-3-1-15-42(45)44-19-12-26-53-62(44)74(67)55-28-13-27-54-63(55)73(53)58-36-39(37-60-64(58)72(54)51-24-9-10-29-59(51)78-60)38-30-32-40(33-31-38)69-47-20-5-6-21-48(47)70-49-22-7-8-23-50(49)71-52-25-11-18-43-41-14-2-4-17-46(41)68(77)75(61(43)52)57-35-34-56(69)65(70)66(57)71/h30-33,39,41-66H,1-29,34-37H2. The van der Waals surface area contributed by atoms with Crippen molar-refractivity contribution in [3.8, 4) is 0 Å². The zero-order chi connectivity index (χ0) is 50.8. The minimum atomic E-state index is 0.306. The summed E-state index contributed by atoms with van der Waals surface area (Å²) in [5, 5.41) is 1.49. The first-order valence-corrected chi connectivity index (χ1v) is 35.8. The van der Waals surface area contributed by atoms with E-state index in [4.69, 9.17) is 0 Å². The molecule has 19 rings (SSSR count). The van der Waals surface area contributed by atoms with Crippen molar-refractivity contribution < 1.29 is 9.59 Å². The Morgan fingerprint density at radius 1 is 0.308 bits per heavy atom. The minimum Gasteiger partial charge on any atom is -0.362 e. The van der Waals surface area contributed by atoms with Crippen LogP contribution in [0.25, 0.3) is 0 Å². The molecule has 0 bridgehead atoms. The minimum absolute atomic E-state index is 0.306. The molecule has 1 aromatic rings. The summed E-state index contributed by atoms with van der Waals surface area (Å²) in [4.78, 5) is 52.4. The average molecular weight is 1080 g/mol. The lowest BCUT2D eigenvalue weighted by molar-refractivity contribution is -0.233. The smallest absolute Gasteiger partial charge is 0.226 e. The van der Waals surface area contributed by atoms with Gasteiger partial charge in [-0.15, -0.1) is 0 Å². The van der Waals surface area contributed by atoms with E-state index in [2.05, 4.69) is 70.3 Å². The number of piperazine rings is 5. The molecule has 0 spiro atoms. The van der Waals surface area contributed by atoms with Gasteiger partial charge in [-0.2, -0.15) is 11.8 Å². The molecule has 0 aromatic heterocycles. The Bertz CT molecular complexity index is 2530. The molecular formula is C68H97N7O2S. The fourth-order valence-electron chi connectivity index (χ4n) is 26.8. The van der Waals surface area contributed by atoms with E-state index in [1.165, 1.54) is 211 Å². The second-order valence-corrected chi connectivity index (χ2v) is 32.6. The van der Waals surface area contributed by atoms with Crippen molar-refractivity contribution in [1.82, 2.24) is 29.4 Å². The lowest BCUT2D eigenvalue weighted by atomic mass is 9.57. The highest BCUT2D eigenvalue weighted by atomic mass is 32.2. The zero-order valence-electron chi connectivity index (χ0n) is 47.6. The normalized spacial score (nSPS) is 53.8. The van der Waals surface area contributed by atoms with Crippen LogP contribution in [-0.4, -0.2) is 160 Å². The molecule has 10 saturated carbocycles. The Balaban J connectivity index is 0.677. The molecule has 27 unspecified atom stereocenters. The maximum Gasteiger partial charge on any atom is 0.226 e. The van der Waals surface area contributed by atoms with Crippen LogP contribution < -0.4 is 4.90 Å². The van der Waals surface area contributed by atoms with Crippen molar-refractivity contribution in [3.05, 3.63) is 29.8 Å². The Morgan fingerprint density at radius 2 is 0.744 bits per heavy atom. The number of rotatable bonds is 2. The van der Waals surface area contributed by atoms with Gasteiger partial charge in [0.2, 0.25) is 11.8 Å². The molecule has 0 radical (unpaired) electrons. The van der Waals surface area contributed by atoms with Gasteiger partial charge in [-0.1, -0.05) is 89.2 Å². The lowest BCUT2D eigenvalue weighted by Gasteiger charge is -2.75. The third kappa shape index (κ3) is 6.55. The largest absolute Gasteiger partial charge is 0.362 e. The van der Waals surface area contributed by atoms with Crippen molar-refractivity contribution in [2.45, 2.75) is 337 Å². The summed E-state index contributed by atoms with van der Waals surface area (Å²) in [5.74, 6) is 5.23. The number of carbonyl (C=O) groups is 2. The highest BCUT2D eigenvalue weighted by Crippen LogP contribution is 2.63. The summed E-state index contributed by atoms with van der Waals surface area (Å²) in [5.41, 5.74) is 3.18. The number of piperidine rings is 2. The number of benzene rings is 1. The van der Waals surface area contributed by atoms with E-state index in [0.29, 0.717) is 149 Å². The fraction of sp³-hybridized carbons (Fsp3) is 0.882. The van der Waals surface area contributed by atoms with Crippen molar-refractivity contribution in [3.63, 3.8) is 0 Å². The van der Waals surface area contributed by atoms with Gasteiger partial charge in [0.15, 0.2) is 0 Å². The first-order chi connectivity index (χ1) is 38.6. The second kappa shape index (κ2) is 18.3. The summed E-state index contributed by atoms with van der Waals surface area (Å²) < 4.78 is 0. The van der Waals surface area contributed by atoms with Crippen LogP contribution in [0.2, 0.25) is 0 Å². The number of nitrogens with zero attached hydrogens (tertiary/aromatic N) is 7. The van der Waals surface area contributed by atoms with Crippen LogP contribution in [0.1, 0.15) is 223 Å². The maximum atomic E-state index is 15.3. The van der Waals surface area contributed by atoms with Crippen LogP contribution >= 0.6 is 11.8 Å². The highest BCUT2D eigenvalue weighted by molar-refractivity contribution is 8.00. The van der Waals surface area contributed by atoms with Gasteiger partial charge in [0.25, 0.3) is 0 Å². The van der Waals surface area contributed by atoms with E-state index in [0.717, 1.165) is 29.5 Å². The van der Waals surface area contributed by atoms with Gasteiger partial charge in [0.1, 0.15) is 0 Å². The fourth-order valence-corrected chi connectivity index (χ4v) is 28.8. The van der Waals surface area contributed by atoms with E-state index < -0.39 is 0 Å². The third-order valence-corrected chi connectivity index (χ3v) is 30.4. The van der Waals surface area contributed by atoms with E-state index in [1.54, 1.807) is 5.56 Å². The number of hydrogen-bond donors (Lipinski definition) is 0. The van der Waals surface area contributed by atoms with Crippen LogP contribution in [0.5, 0.6) is 0 Å². The van der Waals surface area contributed by atoms with Gasteiger partial charge < -0.3 is 14.7 Å². The van der Waals surface area contributed by atoms with Crippen LogP contribution in [0.3, 0.4) is 0 Å². The van der Waals surface area contributed by atoms with Gasteiger partial charge in [-0.05, 0) is 182 Å². The molecule has 27 atom stereocenters. The number of amides is 2. The number of fused-ring (bicyclic) bond motifs is 17. The zero-order valence-corrected chi connectivity index (χ0v) is 48.4. The lowest BCUT2D eigenvalue weighted by Crippen LogP contribution is -2.89. The predicted molar refractivity (Wildman–Crippen MR) is 309 cm³/mol. The first-order valence-electron chi connectivity index (χ1n) is 34.9. The number of carbonyl (C=O) groups excluding carboxylic acids is 2. The predicted octanol–water partition coefficient (Wildman–Crippen LogP) is 11.4. The molecule has 18 aliphatic rings. The van der Waals surface area contributed by atoms with Gasteiger partial charge >= 0.3 is 0 Å². The van der Waals surface area contributed by atoms with E-state index in [9.17, 15) is 0 Å². The van der Waals surface area contributed by atoms with E-state index in [-0.39, 0.29) is 0 Å². The summed E-state index contributed by atoms with van der Waals surface area (Å²) in [6.07, 6.45) is 44.1. The molecule has 2 amide bonds. The summed E-state index contributed by atoms with van der Waals surface area (Å²) in [6.45, 7) is 0. The molecule has 18 fully saturated rings. The van der Waals surface area contributed by atoms with Crippen LogP contribution in [0.15, 0.2) is 24.3 Å². The average Bonchev–Trinajstić information content (AvgIpc) is 2.58. The molecule has 8 heterocycles. The number of hydrogen-bond acceptors (Lipinski definition) is 8. The van der Waals surface area contributed by atoms with Crippen molar-refractivity contribution >= 4 is 29.3 Å². The molecule has 78 heavy (non-hydrogen) atoms. The van der Waals surface area contributed by atoms with E-state index >= 15 is 9.59 Å². The Hall–Kier alpha value is -1.85. The Kier molecular flexibility index (Phi) is 11.4.